The molecule has 1 fully saturated rings. The molecular weight excluding hydrogens is 216 g/mol. The van der Waals surface area contributed by atoms with Crippen LogP contribution in [0.5, 0.6) is 0 Å². The van der Waals surface area contributed by atoms with E-state index >= 15 is 0 Å². The smallest absolute Gasteiger partial charge is 0.444 e. The molecule has 2 rings (SSSR count). The van der Waals surface area contributed by atoms with E-state index in [-0.39, 0.29) is 17.6 Å². The fourth-order valence-electron chi connectivity index (χ4n) is 2.71. The van der Waals surface area contributed by atoms with E-state index in [1.54, 1.807) is 0 Å². The van der Waals surface area contributed by atoms with E-state index in [0.717, 1.165) is 12.8 Å². The van der Waals surface area contributed by atoms with Gasteiger partial charge in [0.25, 0.3) is 0 Å². The standard InChI is InChI=1S/C13H18N2O2/c1-13(2,3)17-12(16)11(15-14)10-7-8-4-5-9(10)6-8/h4-5,8-10H,6-7H2,1-3H3/p+1/b12-11-/t8-,9+,10?/m0/s1. The molecule has 0 saturated heterocycles. The molecule has 4 heteroatoms. The molecule has 0 spiro atoms. The predicted molar refractivity (Wildman–Crippen MR) is 64.4 cm³/mol. The average molecular weight is 235 g/mol. The number of diazo groups is 1. The van der Waals surface area contributed by atoms with Gasteiger partial charge in [0.15, 0.2) is 4.98 Å². The summed E-state index contributed by atoms with van der Waals surface area (Å²) < 4.78 is 5.37. The number of hydrogen-bond donors (Lipinski definition) is 1. The maximum Gasteiger partial charge on any atom is 0.444 e. The summed E-state index contributed by atoms with van der Waals surface area (Å²) in [4.78, 5) is 3.24. The second-order valence-electron chi connectivity index (χ2n) is 5.89. The Hall–Kier alpha value is -1.50. The fourth-order valence-corrected chi connectivity index (χ4v) is 2.71. The number of fused-ring (bicyclic) bond motifs is 2. The Labute approximate surface area is 102 Å². The van der Waals surface area contributed by atoms with Gasteiger partial charge >= 0.3 is 11.6 Å². The molecule has 0 heterocycles. The Morgan fingerprint density at radius 3 is 2.47 bits per heavy atom. The van der Waals surface area contributed by atoms with Crippen LogP contribution in [0.1, 0.15) is 33.6 Å². The van der Waals surface area contributed by atoms with Gasteiger partial charge < -0.3 is 9.84 Å². The summed E-state index contributed by atoms with van der Waals surface area (Å²) in [6, 6.07) is 0. The Bertz CT molecular complexity index is 412. The first-order chi connectivity index (χ1) is 7.90. The van der Waals surface area contributed by atoms with Gasteiger partial charge in [-0.3, -0.25) is 0 Å². The van der Waals surface area contributed by atoms with E-state index < -0.39 is 5.60 Å². The molecular formula is C13H19N2O2+. The van der Waals surface area contributed by atoms with Crippen LogP contribution in [0.2, 0.25) is 0 Å². The molecule has 0 aliphatic heterocycles. The minimum atomic E-state index is -0.493. The molecule has 3 atom stereocenters. The van der Waals surface area contributed by atoms with Crippen molar-refractivity contribution in [2.24, 2.45) is 17.8 Å². The van der Waals surface area contributed by atoms with Crippen molar-refractivity contribution in [3.8, 4) is 0 Å². The minimum absolute atomic E-state index is 0.0809. The summed E-state index contributed by atoms with van der Waals surface area (Å²) in [5.41, 5.74) is -0.204. The molecule has 2 aliphatic carbocycles. The summed E-state index contributed by atoms with van der Waals surface area (Å²) in [5.74, 6) is 0.768. The highest BCUT2D eigenvalue weighted by Gasteiger charge is 2.46. The highest BCUT2D eigenvalue weighted by Crippen LogP contribution is 2.47. The number of rotatable bonds is 2. The number of hydrogen-bond acceptors (Lipinski definition) is 3. The highest BCUT2D eigenvalue weighted by atomic mass is 16.6. The van der Waals surface area contributed by atoms with Crippen LogP contribution in [0.3, 0.4) is 0 Å². The lowest BCUT2D eigenvalue weighted by molar-refractivity contribution is -0.0186. The van der Waals surface area contributed by atoms with E-state index in [4.69, 9.17) is 10.1 Å². The van der Waals surface area contributed by atoms with Gasteiger partial charge in [-0.1, -0.05) is 12.2 Å². The summed E-state index contributed by atoms with van der Waals surface area (Å²) in [7, 11) is 0. The van der Waals surface area contributed by atoms with Gasteiger partial charge in [-0.25, -0.2) is 0 Å². The molecule has 1 saturated carbocycles. The first-order valence-corrected chi connectivity index (χ1v) is 6.06. The van der Waals surface area contributed by atoms with E-state index in [9.17, 15) is 5.11 Å². The van der Waals surface area contributed by atoms with Crippen LogP contribution >= 0.6 is 0 Å². The van der Waals surface area contributed by atoms with Gasteiger partial charge in [-0.15, -0.1) is 0 Å². The third kappa shape index (κ3) is 2.44. The van der Waals surface area contributed by atoms with Crippen molar-refractivity contribution >= 4 is 0 Å². The van der Waals surface area contributed by atoms with Crippen molar-refractivity contribution in [2.45, 2.75) is 39.2 Å². The number of nitrogens with zero attached hydrogens (tertiary/aromatic N) is 2. The van der Waals surface area contributed by atoms with Crippen LogP contribution in [0, 0.1) is 23.1 Å². The lowest BCUT2D eigenvalue weighted by Gasteiger charge is -2.20. The Morgan fingerprint density at radius 1 is 1.35 bits per heavy atom. The van der Waals surface area contributed by atoms with Gasteiger partial charge in [0.2, 0.25) is 5.39 Å². The first kappa shape index (κ1) is 12.0. The zero-order valence-electron chi connectivity index (χ0n) is 10.6. The molecule has 1 unspecified atom stereocenters. The SMILES string of the molecule is CC(C)(C)O/C(O)=C(\[N+]#N)C1C[C@H]2C=C[C@@H]1C2. The zero-order valence-corrected chi connectivity index (χ0v) is 10.6. The summed E-state index contributed by atoms with van der Waals surface area (Å²) in [6.07, 6.45) is 6.37. The molecule has 0 amide bonds. The fraction of sp³-hybridized carbons (Fsp3) is 0.692. The number of ether oxygens (including phenoxy) is 1. The number of allylic oxidation sites excluding steroid dienone is 3. The summed E-state index contributed by atoms with van der Waals surface area (Å²) in [5, 5.41) is 19.0. The van der Waals surface area contributed by atoms with Gasteiger partial charge in [0.1, 0.15) is 5.60 Å². The second-order valence-corrected chi connectivity index (χ2v) is 5.89. The van der Waals surface area contributed by atoms with Crippen molar-refractivity contribution in [2.75, 3.05) is 0 Å². The van der Waals surface area contributed by atoms with Crippen molar-refractivity contribution < 1.29 is 9.84 Å². The molecule has 92 valence electrons. The van der Waals surface area contributed by atoms with Crippen LogP contribution in [0.25, 0.3) is 4.98 Å². The summed E-state index contributed by atoms with van der Waals surface area (Å²) in [6.45, 7) is 5.54. The molecule has 0 radical (unpaired) electrons. The molecule has 4 nitrogen and oxygen atoms in total. The second kappa shape index (κ2) is 4.06. The first-order valence-electron chi connectivity index (χ1n) is 6.06. The molecule has 2 aliphatic rings. The van der Waals surface area contributed by atoms with Crippen LogP contribution in [-0.4, -0.2) is 10.7 Å². The highest BCUT2D eigenvalue weighted by molar-refractivity contribution is 5.24. The van der Waals surface area contributed by atoms with Crippen molar-refractivity contribution in [3.63, 3.8) is 0 Å². The van der Waals surface area contributed by atoms with Gasteiger partial charge in [-0.2, -0.15) is 0 Å². The van der Waals surface area contributed by atoms with Crippen molar-refractivity contribution in [1.29, 1.82) is 5.39 Å². The maximum atomic E-state index is 9.91. The Morgan fingerprint density at radius 2 is 2.06 bits per heavy atom. The van der Waals surface area contributed by atoms with Crippen LogP contribution in [0.15, 0.2) is 23.8 Å². The minimum Gasteiger partial charge on any atom is -0.475 e. The predicted octanol–water partition coefficient (Wildman–Crippen LogP) is 3.59. The molecule has 17 heavy (non-hydrogen) atoms. The van der Waals surface area contributed by atoms with Crippen LogP contribution < -0.4 is 0 Å². The topological polar surface area (TPSA) is 57.6 Å². The molecule has 0 aromatic carbocycles. The quantitative estimate of drug-likeness (QED) is 0.452. The van der Waals surface area contributed by atoms with E-state index in [1.807, 2.05) is 20.8 Å². The van der Waals surface area contributed by atoms with Gasteiger partial charge in [-0.05, 0) is 45.4 Å². The largest absolute Gasteiger partial charge is 0.475 e. The Balaban J connectivity index is 2.19. The van der Waals surface area contributed by atoms with Crippen molar-refractivity contribution in [1.82, 2.24) is 0 Å². The average Bonchev–Trinajstić information content (AvgIpc) is 2.77. The number of aliphatic hydroxyl groups excluding tert-OH is 1. The molecule has 0 aromatic rings. The van der Waals surface area contributed by atoms with Crippen molar-refractivity contribution in [3.05, 3.63) is 28.8 Å². The number of aliphatic hydroxyl groups is 1. The molecule has 2 bridgehead atoms. The third-order valence-electron chi connectivity index (χ3n) is 3.36. The van der Waals surface area contributed by atoms with Gasteiger partial charge in [0.05, 0.1) is 5.92 Å². The lowest BCUT2D eigenvalue weighted by Crippen LogP contribution is -2.21. The Kier molecular flexibility index (Phi) is 2.86. The van der Waals surface area contributed by atoms with E-state index in [0.29, 0.717) is 11.8 Å². The molecule has 0 aromatic heterocycles. The van der Waals surface area contributed by atoms with Crippen LogP contribution in [0.4, 0.5) is 0 Å². The van der Waals surface area contributed by atoms with Crippen LogP contribution in [-0.2, 0) is 4.74 Å². The third-order valence-corrected chi connectivity index (χ3v) is 3.36. The van der Waals surface area contributed by atoms with E-state index in [1.165, 1.54) is 0 Å². The normalized spacial score (nSPS) is 32.2. The maximum absolute atomic E-state index is 9.91. The lowest BCUT2D eigenvalue weighted by atomic mass is 9.91. The zero-order chi connectivity index (χ0) is 12.6. The van der Waals surface area contributed by atoms with Gasteiger partial charge in [0, 0.05) is 0 Å². The summed E-state index contributed by atoms with van der Waals surface area (Å²) >= 11 is 0. The monoisotopic (exact) mass is 235 g/mol. The molecule has 1 N–H and O–H groups in total. The van der Waals surface area contributed by atoms with E-state index in [2.05, 4.69) is 17.1 Å².